The van der Waals surface area contributed by atoms with Gasteiger partial charge in [-0.1, -0.05) is 64.8 Å². The minimum Gasteiger partial charge on any atom is -0.316 e. The van der Waals surface area contributed by atoms with Crippen LogP contribution in [0.25, 0.3) is 0 Å². The maximum Gasteiger partial charge on any atom is -0.00258 e. The molecular formula is C19H33N. The van der Waals surface area contributed by atoms with Gasteiger partial charge in [-0.2, -0.15) is 0 Å². The standard InChI is InChI=1S/C19H33N/c1-16(2)15-20-14-8-6-5-7-9-18-10-12-19(13-11-18)17(3)4/h10-13,16-17,20H,5-9,14-15H2,1-4H3. The molecule has 1 aromatic carbocycles. The van der Waals surface area contributed by atoms with Gasteiger partial charge in [0.15, 0.2) is 0 Å². The second-order valence-electron chi connectivity index (χ2n) is 6.66. The van der Waals surface area contributed by atoms with Crippen molar-refractivity contribution >= 4 is 0 Å². The topological polar surface area (TPSA) is 12.0 Å². The summed E-state index contributed by atoms with van der Waals surface area (Å²) in [6.07, 6.45) is 6.59. The van der Waals surface area contributed by atoms with Gasteiger partial charge in [0.05, 0.1) is 0 Å². The van der Waals surface area contributed by atoms with E-state index in [1.165, 1.54) is 49.8 Å². The van der Waals surface area contributed by atoms with Crippen LogP contribution in [0.1, 0.15) is 70.4 Å². The van der Waals surface area contributed by atoms with Crippen LogP contribution >= 0.6 is 0 Å². The molecular weight excluding hydrogens is 242 g/mol. The van der Waals surface area contributed by atoms with Gasteiger partial charge in [-0.25, -0.2) is 0 Å². The second-order valence-corrected chi connectivity index (χ2v) is 6.66. The maximum absolute atomic E-state index is 3.51. The Labute approximate surface area is 126 Å². The van der Waals surface area contributed by atoms with Crippen LogP contribution in [0.2, 0.25) is 0 Å². The fourth-order valence-electron chi connectivity index (χ4n) is 2.39. The molecule has 0 saturated heterocycles. The molecule has 1 heteroatoms. The summed E-state index contributed by atoms with van der Waals surface area (Å²) >= 11 is 0. The predicted octanol–water partition coefficient (Wildman–Crippen LogP) is 5.16. The summed E-state index contributed by atoms with van der Waals surface area (Å²) in [6, 6.07) is 9.19. The van der Waals surface area contributed by atoms with Crippen molar-refractivity contribution in [3.8, 4) is 0 Å². The molecule has 0 bridgehead atoms. The number of rotatable bonds is 10. The molecule has 0 atom stereocenters. The van der Waals surface area contributed by atoms with Gasteiger partial charge in [0.25, 0.3) is 0 Å². The average molecular weight is 275 g/mol. The van der Waals surface area contributed by atoms with E-state index in [9.17, 15) is 0 Å². The number of hydrogen-bond donors (Lipinski definition) is 1. The van der Waals surface area contributed by atoms with E-state index in [2.05, 4.69) is 57.3 Å². The number of unbranched alkanes of at least 4 members (excludes halogenated alkanes) is 3. The second kappa shape index (κ2) is 9.99. The van der Waals surface area contributed by atoms with Crippen LogP contribution in [0, 0.1) is 5.92 Å². The predicted molar refractivity (Wildman–Crippen MR) is 90.4 cm³/mol. The SMILES string of the molecule is CC(C)CNCCCCCCc1ccc(C(C)C)cc1. The third-order valence-electron chi connectivity index (χ3n) is 3.77. The van der Waals surface area contributed by atoms with Gasteiger partial charge in [-0.15, -0.1) is 0 Å². The van der Waals surface area contributed by atoms with E-state index < -0.39 is 0 Å². The Morgan fingerprint density at radius 1 is 0.850 bits per heavy atom. The Balaban J connectivity index is 2.03. The minimum absolute atomic E-state index is 0.641. The highest BCUT2D eigenvalue weighted by Crippen LogP contribution is 2.16. The fraction of sp³-hybridized carbons (Fsp3) is 0.684. The van der Waals surface area contributed by atoms with E-state index in [1.54, 1.807) is 0 Å². The smallest absolute Gasteiger partial charge is 0.00258 e. The first-order valence-electron chi connectivity index (χ1n) is 8.39. The first-order chi connectivity index (χ1) is 9.59. The number of benzene rings is 1. The average Bonchev–Trinajstić information content (AvgIpc) is 2.42. The quantitative estimate of drug-likeness (QED) is 0.582. The highest BCUT2D eigenvalue weighted by Gasteiger charge is 1.99. The monoisotopic (exact) mass is 275 g/mol. The number of hydrogen-bond acceptors (Lipinski definition) is 1. The molecule has 20 heavy (non-hydrogen) atoms. The van der Waals surface area contributed by atoms with Crippen molar-refractivity contribution in [2.24, 2.45) is 5.92 Å². The molecule has 0 heterocycles. The molecule has 0 aromatic heterocycles. The van der Waals surface area contributed by atoms with Crippen LogP contribution < -0.4 is 5.32 Å². The van der Waals surface area contributed by atoms with Gasteiger partial charge >= 0.3 is 0 Å². The third kappa shape index (κ3) is 7.69. The van der Waals surface area contributed by atoms with Gasteiger partial charge in [0, 0.05) is 0 Å². The number of nitrogens with one attached hydrogen (secondary N) is 1. The van der Waals surface area contributed by atoms with Crippen LogP contribution in [0.3, 0.4) is 0 Å². The summed E-state index contributed by atoms with van der Waals surface area (Å²) in [7, 11) is 0. The zero-order valence-corrected chi connectivity index (χ0v) is 13.9. The highest BCUT2D eigenvalue weighted by atomic mass is 14.8. The van der Waals surface area contributed by atoms with Crippen LogP contribution in [0.15, 0.2) is 24.3 Å². The molecule has 1 N–H and O–H groups in total. The summed E-state index contributed by atoms with van der Waals surface area (Å²) in [6.45, 7) is 11.4. The first kappa shape index (κ1) is 17.2. The zero-order valence-electron chi connectivity index (χ0n) is 13.9. The molecule has 1 nitrogen and oxygen atoms in total. The third-order valence-corrected chi connectivity index (χ3v) is 3.77. The van der Waals surface area contributed by atoms with E-state index >= 15 is 0 Å². The lowest BCUT2D eigenvalue weighted by atomic mass is 9.99. The molecule has 0 fully saturated rings. The molecule has 0 radical (unpaired) electrons. The first-order valence-corrected chi connectivity index (χ1v) is 8.39. The van der Waals surface area contributed by atoms with E-state index in [0.29, 0.717) is 5.92 Å². The minimum atomic E-state index is 0.641. The zero-order chi connectivity index (χ0) is 14.8. The number of aryl methyl sites for hydroxylation is 1. The molecule has 1 aromatic rings. The lowest BCUT2D eigenvalue weighted by Crippen LogP contribution is -2.20. The Kier molecular flexibility index (Phi) is 8.60. The summed E-state index contributed by atoms with van der Waals surface area (Å²) < 4.78 is 0. The van der Waals surface area contributed by atoms with Crippen molar-refractivity contribution in [3.63, 3.8) is 0 Å². The van der Waals surface area contributed by atoms with Crippen molar-refractivity contribution in [1.82, 2.24) is 5.32 Å². The Bertz CT molecular complexity index is 337. The van der Waals surface area contributed by atoms with Crippen LogP contribution in [-0.2, 0) is 6.42 Å². The lowest BCUT2D eigenvalue weighted by Gasteiger charge is -2.08. The van der Waals surface area contributed by atoms with E-state index in [4.69, 9.17) is 0 Å². The normalized spacial score (nSPS) is 11.5. The fourth-order valence-corrected chi connectivity index (χ4v) is 2.39. The molecule has 114 valence electrons. The maximum atomic E-state index is 3.51. The largest absolute Gasteiger partial charge is 0.316 e. The lowest BCUT2D eigenvalue weighted by molar-refractivity contribution is 0.526. The molecule has 0 spiro atoms. The molecule has 0 aliphatic carbocycles. The van der Waals surface area contributed by atoms with E-state index in [0.717, 1.165) is 12.5 Å². The highest BCUT2D eigenvalue weighted by molar-refractivity contribution is 5.24. The van der Waals surface area contributed by atoms with Crippen molar-refractivity contribution in [2.75, 3.05) is 13.1 Å². The van der Waals surface area contributed by atoms with Crippen LogP contribution in [0.5, 0.6) is 0 Å². The van der Waals surface area contributed by atoms with Crippen molar-refractivity contribution in [3.05, 3.63) is 35.4 Å². The van der Waals surface area contributed by atoms with Gasteiger partial charge in [0.1, 0.15) is 0 Å². The summed E-state index contributed by atoms with van der Waals surface area (Å²) in [5.41, 5.74) is 2.94. The van der Waals surface area contributed by atoms with E-state index in [1.807, 2.05) is 0 Å². The Hall–Kier alpha value is -0.820. The van der Waals surface area contributed by atoms with Crippen molar-refractivity contribution in [2.45, 2.75) is 65.7 Å². The summed E-state index contributed by atoms with van der Waals surface area (Å²) in [4.78, 5) is 0. The molecule has 0 saturated carbocycles. The molecule has 0 aliphatic heterocycles. The van der Waals surface area contributed by atoms with Crippen LogP contribution in [0.4, 0.5) is 0 Å². The summed E-state index contributed by atoms with van der Waals surface area (Å²) in [5.74, 6) is 1.41. The van der Waals surface area contributed by atoms with Gasteiger partial charge in [0.2, 0.25) is 0 Å². The summed E-state index contributed by atoms with van der Waals surface area (Å²) in [5, 5.41) is 3.51. The molecule has 1 rings (SSSR count). The van der Waals surface area contributed by atoms with Crippen molar-refractivity contribution < 1.29 is 0 Å². The molecule has 0 aliphatic rings. The molecule has 0 unspecified atom stereocenters. The van der Waals surface area contributed by atoms with Gasteiger partial charge in [-0.05, 0) is 55.3 Å². The van der Waals surface area contributed by atoms with E-state index in [-0.39, 0.29) is 0 Å². The van der Waals surface area contributed by atoms with Gasteiger partial charge in [-0.3, -0.25) is 0 Å². The molecule has 0 amide bonds. The Morgan fingerprint density at radius 2 is 1.50 bits per heavy atom. The van der Waals surface area contributed by atoms with Crippen molar-refractivity contribution in [1.29, 1.82) is 0 Å². The Morgan fingerprint density at radius 3 is 2.10 bits per heavy atom. The van der Waals surface area contributed by atoms with Gasteiger partial charge < -0.3 is 5.32 Å². The van der Waals surface area contributed by atoms with Crippen LogP contribution in [-0.4, -0.2) is 13.1 Å².